The van der Waals surface area contributed by atoms with E-state index in [1.165, 1.54) is 11.1 Å². The van der Waals surface area contributed by atoms with Crippen molar-refractivity contribution >= 4 is 23.2 Å². The molecule has 3 heteroatoms. The van der Waals surface area contributed by atoms with E-state index in [0.29, 0.717) is 5.92 Å². The van der Waals surface area contributed by atoms with Gasteiger partial charge >= 0.3 is 0 Å². The first kappa shape index (κ1) is 10.3. The number of hydrogen-bond donors (Lipinski definition) is 1. The highest BCUT2D eigenvalue weighted by Gasteiger charge is 2.26. The van der Waals surface area contributed by atoms with Gasteiger partial charge in [0.15, 0.2) is 0 Å². The molecule has 1 aliphatic heterocycles. The molecule has 0 bridgehead atoms. The van der Waals surface area contributed by atoms with Crippen LogP contribution in [-0.2, 0) is 0 Å². The van der Waals surface area contributed by atoms with E-state index in [4.69, 9.17) is 23.2 Å². The number of halogens is 2. The van der Waals surface area contributed by atoms with Gasteiger partial charge < -0.3 is 0 Å². The van der Waals surface area contributed by atoms with E-state index in [1.807, 2.05) is 6.08 Å². The summed E-state index contributed by atoms with van der Waals surface area (Å²) in [6.45, 7) is 2.12. The Hall–Kier alpha value is -0.240. The first-order valence-corrected chi connectivity index (χ1v) is 5.69. The number of nitrogens with one attached hydrogen (secondary N) is 1. The van der Waals surface area contributed by atoms with Crippen LogP contribution in [0.15, 0.2) is 35.5 Å². The molecule has 3 atom stereocenters. The van der Waals surface area contributed by atoms with Crippen molar-refractivity contribution in [1.29, 1.82) is 0 Å². The summed E-state index contributed by atoms with van der Waals surface area (Å²) in [6, 6.07) is 0. The van der Waals surface area contributed by atoms with Crippen LogP contribution in [0.3, 0.4) is 0 Å². The number of alkyl halides is 2. The molecule has 2 rings (SSSR count). The summed E-state index contributed by atoms with van der Waals surface area (Å²) in [5.41, 5.74) is 2.25. The molecular formula is C11H13Cl2N. The topological polar surface area (TPSA) is 12.0 Å². The Kier molecular flexibility index (Phi) is 3.01. The molecule has 0 saturated carbocycles. The lowest BCUT2D eigenvalue weighted by molar-refractivity contribution is 0.549. The molecule has 2 unspecified atom stereocenters. The van der Waals surface area contributed by atoms with Gasteiger partial charge in [0.1, 0.15) is 5.50 Å². The lowest BCUT2D eigenvalue weighted by Crippen LogP contribution is -2.33. The third kappa shape index (κ3) is 1.90. The van der Waals surface area contributed by atoms with Gasteiger partial charge in [-0.05, 0) is 23.6 Å². The molecule has 1 nitrogen and oxygen atoms in total. The summed E-state index contributed by atoms with van der Waals surface area (Å²) in [6.07, 6.45) is 9.50. The largest absolute Gasteiger partial charge is 0.282 e. The normalized spacial score (nSPS) is 36.9. The minimum absolute atomic E-state index is 0.0935. The average molecular weight is 230 g/mol. The van der Waals surface area contributed by atoms with Gasteiger partial charge in [0, 0.05) is 5.92 Å². The van der Waals surface area contributed by atoms with Gasteiger partial charge in [-0.2, -0.15) is 0 Å². The smallest absolute Gasteiger partial charge is 0.103 e. The summed E-state index contributed by atoms with van der Waals surface area (Å²) in [5.74, 6) is 0.302. The van der Waals surface area contributed by atoms with Gasteiger partial charge in [-0.15, -0.1) is 23.2 Å². The van der Waals surface area contributed by atoms with Crippen molar-refractivity contribution in [3.05, 3.63) is 35.5 Å². The molecule has 0 amide bonds. The third-order valence-corrected chi connectivity index (χ3v) is 3.43. The predicted octanol–water partition coefficient (Wildman–Crippen LogP) is 3.17. The van der Waals surface area contributed by atoms with Crippen LogP contribution in [0.25, 0.3) is 0 Å². The molecule has 0 aromatic heterocycles. The van der Waals surface area contributed by atoms with Crippen molar-refractivity contribution in [3.63, 3.8) is 0 Å². The van der Waals surface area contributed by atoms with E-state index in [9.17, 15) is 0 Å². The molecule has 0 aromatic carbocycles. The zero-order valence-electron chi connectivity index (χ0n) is 8.00. The van der Waals surface area contributed by atoms with E-state index >= 15 is 0 Å². The fraction of sp³-hybridized carbons (Fsp3) is 0.455. The summed E-state index contributed by atoms with van der Waals surface area (Å²) >= 11 is 12.3. The van der Waals surface area contributed by atoms with E-state index in [1.54, 1.807) is 0 Å². The Morgan fingerprint density at radius 2 is 2.21 bits per heavy atom. The minimum Gasteiger partial charge on any atom is -0.282 e. The highest BCUT2D eigenvalue weighted by Crippen LogP contribution is 2.32. The summed E-state index contributed by atoms with van der Waals surface area (Å²) in [5, 5.41) is 3.13. The first-order chi connectivity index (χ1) is 6.68. The van der Waals surface area contributed by atoms with Crippen LogP contribution >= 0.6 is 23.2 Å². The van der Waals surface area contributed by atoms with Gasteiger partial charge in [-0.25, -0.2) is 0 Å². The minimum atomic E-state index is -0.177. The Morgan fingerprint density at radius 3 is 3.00 bits per heavy atom. The molecule has 0 saturated heterocycles. The standard InChI is InChI=1S/C11H13Cl2N/c1-7-9-5-3-2-4-8(9)6-10(12)14-11(7)13/h2,4-7,10-11,14H,3H2,1H3/t7-,10?,11?/m0/s1. The van der Waals surface area contributed by atoms with E-state index in [0.717, 1.165) is 6.42 Å². The Balaban J connectivity index is 2.36. The van der Waals surface area contributed by atoms with Crippen LogP contribution in [-0.4, -0.2) is 11.0 Å². The highest BCUT2D eigenvalue weighted by atomic mass is 35.5. The van der Waals surface area contributed by atoms with Crippen molar-refractivity contribution < 1.29 is 0 Å². The molecule has 0 spiro atoms. The van der Waals surface area contributed by atoms with Crippen molar-refractivity contribution in [3.8, 4) is 0 Å². The van der Waals surface area contributed by atoms with Gasteiger partial charge in [-0.1, -0.05) is 25.2 Å². The summed E-state index contributed by atoms with van der Waals surface area (Å²) in [7, 11) is 0. The molecule has 0 aromatic rings. The van der Waals surface area contributed by atoms with Gasteiger partial charge in [0.25, 0.3) is 0 Å². The average Bonchev–Trinajstić information content (AvgIpc) is 2.26. The molecule has 1 N–H and O–H groups in total. The summed E-state index contributed by atoms with van der Waals surface area (Å²) < 4.78 is 0. The van der Waals surface area contributed by atoms with Crippen LogP contribution in [0.5, 0.6) is 0 Å². The monoisotopic (exact) mass is 229 g/mol. The van der Waals surface area contributed by atoms with Crippen molar-refractivity contribution in [2.24, 2.45) is 5.92 Å². The van der Waals surface area contributed by atoms with Crippen LogP contribution < -0.4 is 5.32 Å². The number of hydrogen-bond acceptors (Lipinski definition) is 1. The molecule has 1 aliphatic carbocycles. The molecule has 0 fully saturated rings. The second-order valence-electron chi connectivity index (χ2n) is 3.68. The molecular weight excluding hydrogens is 217 g/mol. The third-order valence-electron chi connectivity index (χ3n) is 2.68. The molecule has 1 heterocycles. The first-order valence-electron chi connectivity index (χ1n) is 4.81. The predicted molar refractivity (Wildman–Crippen MR) is 61.5 cm³/mol. The van der Waals surface area contributed by atoms with Crippen LogP contribution in [0.4, 0.5) is 0 Å². The number of rotatable bonds is 0. The fourth-order valence-electron chi connectivity index (χ4n) is 1.86. The Labute approximate surface area is 94.5 Å². The van der Waals surface area contributed by atoms with E-state index < -0.39 is 0 Å². The number of fused-ring (bicyclic) bond motifs is 1. The van der Waals surface area contributed by atoms with Crippen molar-refractivity contribution in [1.82, 2.24) is 5.32 Å². The molecule has 76 valence electrons. The molecule has 14 heavy (non-hydrogen) atoms. The van der Waals surface area contributed by atoms with Crippen LogP contribution in [0.1, 0.15) is 13.3 Å². The SMILES string of the molecule is C[C@H]1C2=CCC=CC2=CC(Cl)NC1Cl. The number of allylic oxidation sites excluding steroid dienone is 4. The highest BCUT2D eigenvalue weighted by molar-refractivity contribution is 6.24. The second kappa shape index (κ2) is 4.09. The molecule has 2 aliphatic rings. The Bertz CT molecular complexity index is 317. The maximum absolute atomic E-state index is 6.19. The maximum atomic E-state index is 6.19. The Morgan fingerprint density at radius 1 is 1.43 bits per heavy atom. The molecule has 0 radical (unpaired) electrons. The van der Waals surface area contributed by atoms with Crippen LogP contribution in [0.2, 0.25) is 0 Å². The zero-order chi connectivity index (χ0) is 10.1. The second-order valence-corrected chi connectivity index (χ2v) is 4.62. The maximum Gasteiger partial charge on any atom is 0.103 e. The summed E-state index contributed by atoms with van der Waals surface area (Å²) in [4.78, 5) is 0. The van der Waals surface area contributed by atoms with E-state index in [-0.39, 0.29) is 11.0 Å². The van der Waals surface area contributed by atoms with E-state index in [2.05, 4.69) is 30.5 Å². The van der Waals surface area contributed by atoms with Crippen molar-refractivity contribution in [2.75, 3.05) is 0 Å². The quantitative estimate of drug-likeness (QED) is 0.497. The zero-order valence-corrected chi connectivity index (χ0v) is 9.52. The fourth-order valence-corrected chi connectivity index (χ4v) is 2.47. The van der Waals surface area contributed by atoms with Crippen molar-refractivity contribution in [2.45, 2.75) is 24.3 Å². The lowest BCUT2D eigenvalue weighted by atomic mass is 9.90. The van der Waals surface area contributed by atoms with Gasteiger partial charge in [-0.3, -0.25) is 5.32 Å². The lowest BCUT2D eigenvalue weighted by Gasteiger charge is -2.21. The van der Waals surface area contributed by atoms with Gasteiger partial charge in [0.05, 0.1) is 5.50 Å². The van der Waals surface area contributed by atoms with Gasteiger partial charge in [0.2, 0.25) is 0 Å². The van der Waals surface area contributed by atoms with Crippen LogP contribution in [0, 0.1) is 5.92 Å².